The zero-order valence-electron chi connectivity index (χ0n) is 26.3. The van der Waals surface area contributed by atoms with Gasteiger partial charge in [0.05, 0.1) is 8.07 Å². The second kappa shape index (κ2) is 13.8. The van der Waals surface area contributed by atoms with Crippen LogP contribution in [0.1, 0.15) is 110 Å². The van der Waals surface area contributed by atoms with Crippen LogP contribution in [0.15, 0.2) is 6.07 Å². The van der Waals surface area contributed by atoms with E-state index < -0.39 is 23.7 Å². The molecule has 2 rings (SSSR count). The van der Waals surface area contributed by atoms with Crippen LogP contribution in [0, 0.1) is 24.7 Å². The molecule has 40 heavy (non-hydrogen) atoms. The third-order valence-electron chi connectivity index (χ3n) is 8.29. The summed E-state index contributed by atoms with van der Waals surface area (Å²) in [5, 5.41) is 0.593. The number of ether oxygens (including phenoxy) is 1. The average molecular weight is 607 g/mol. The summed E-state index contributed by atoms with van der Waals surface area (Å²) >= 11 is 0. The number of alkyl halides is 3. The van der Waals surface area contributed by atoms with Crippen LogP contribution < -0.4 is 14.1 Å². The summed E-state index contributed by atoms with van der Waals surface area (Å²) in [4.78, 5) is 0. The van der Waals surface area contributed by atoms with E-state index in [4.69, 9.17) is 8.92 Å². The number of aryl methyl sites for hydroxylation is 1. The summed E-state index contributed by atoms with van der Waals surface area (Å²) < 4.78 is 74.3. The van der Waals surface area contributed by atoms with Crippen LogP contribution in [0.3, 0.4) is 0 Å². The van der Waals surface area contributed by atoms with Crippen LogP contribution >= 0.6 is 0 Å². The van der Waals surface area contributed by atoms with Gasteiger partial charge >= 0.3 is 15.6 Å². The molecule has 0 N–H and O–H groups in total. The first-order valence-electron chi connectivity index (χ1n) is 15.1. The van der Waals surface area contributed by atoms with E-state index in [0.717, 1.165) is 43.1 Å². The molecule has 0 amide bonds. The molecule has 0 spiro atoms. The maximum absolute atomic E-state index is 13.1. The maximum Gasteiger partial charge on any atom is 0.534 e. The third kappa shape index (κ3) is 9.95. The Hall–Kier alpha value is -1.22. The summed E-state index contributed by atoms with van der Waals surface area (Å²) in [6.45, 7) is 19.1. The van der Waals surface area contributed by atoms with Gasteiger partial charge in [0.2, 0.25) is 0 Å². The molecule has 0 saturated carbocycles. The molecule has 232 valence electrons. The molecule has 4 nitrogen and oxygen atoms in total. The minimum atomic E-state index is -5.76. The molecule has 0 aliphatic carbocycles. The Kier molecular flexibility index (Phi) is 12.1. The molecule has 0 aromatic heterocycles. The molecule has 1 heterocycles. The van der Waals surface area contributed by atoms with Crippen molar-refractivity contribution in [2.45, 2.75) is 143 Å². The quantitative estimate of drug-likeness (QED) is 0.113. The highest BCUT2D eigenvalue weighted by Gasteiger charge is 2.49. The summed E-state index contributed by atoms with van der Waals surface area (Å²) in [5.41, 5.74) is -4.43. The fourth-order valence-electron chi connectivity index (χ4n) is 5.93. The van der Waals surface area contributed by atoms with Gasteiger partial charge in [-0.25, -0.2) is 0 Å². The number of fused-ring (bicyclic) bond motifs is 1. The molecule has 0 fully saturated rings. The van der Waals surface area contributed by atoms with Crippen molar-refractivity contribution < 1.29 is 30.5 Å². The first kappa shape index (κ1) is 35.0. The second-order valence-electron chi connectivity index (χ2n) is 14.0. The van der Waals surface area contributed by atoms with Crippen molar-refractivity contribution in [1.82, 2.24) is 0 Å². The van der Waals surface area contributed by atoms with Gasteiger partial charge in [-0.05, 0) is 79.7 Å². The molecule has 9 heteroatoms. The van der Waals surface area contributed by atoms with Crippen LogP contribution in [0.25, 0.3) is 0 Å². The fourth-order valence-corrected chi connectivity index (χ4v) is 8.48. The third-order valence-corrected chi connectivity index (χ3v) is 11.3. The van der Waals surface area contributed by atoms with Crippen molar-refractivity contribution in [3.05, 3.63) is 17.2 Å². The first-order chi connectivity index (χ1) is 18.3. The Morgan fingerprint density at radius 2 is 1.50 bits per heavy atom. The van der Waals surface area contributed by atoms with Gasteiger partial charge in [0.1, 0.15) is 17.1 Å². The van der Waals surface area contributed by atoms with Crippen LogP contribution in [-0.2, 0) is 16.5 Å². The van der Waals surface area contributed by atoms with Gasteiger partial charge in [0, 0.05) is 0 Å². The minimum absolute atomic E-state index is 0.206. The van der Waals surface area contributed by atoms with Gasteiger partial charge in [-0.1, -0.05) is 92.3 Å². The molecular weight excluding hydrogens is 553 g/mol. The molecule has 0 unspecified atom stereocenters. The molecule has 0 bridgehead atoms. The highest BCUT2D eigenvalue weighted by molar-refractivity contribution is 7.88. The van der Waals surface area contributed by atoms with Gasteiger partial charge < -0.3 is 8.92 Å². The van der Waals surface area contributed by atoms with Crippen molar-refractivity contribution in [2.75, 3.05) is 0 Å². The van der Waals surface area contributed by atoms with Gasteiger partial charge in [-0.2, -0.15) is 21.6 Å². The number of rotatable bonds is 15. The van der Waals surface area contributed by atoms with Gasteiger partial charge in [0.15, 0.2) is 0 Å². The zero-order valence-corrected chi connectivity index (χ0v) is 28.1. The molecule has 1 aliphatic rings. The van der Waals surface area contributed by atoms with Crippen LogP contribution in [0.5, 0.6) is 11.5 Å². The number of halogens is 3. The SMILES string of the molecule is Cc1cc(OS(=O)(=O)C(F)(F)F)c([Si](C)(C)C)c2c1O[C@](C)(CCC[C@H](C)CCC[C@H](C)CCCC(C)C)CC2. The van der Waals surface area contributed by atoms with E-state index in [9.17, 15) is 21.6 Å². The molecule has 0 saturated heterocycles. The Bertz CT molecular complexity index is 1080. The first-order valence-corrected chi connectivity index (χ1v) is 20.0. The van der Waals surface area contributed by atoms with E-state index in [1.165, 1.54) is 44.6 Å². The Morgan fingerprint density at radius 1 is 0.975 bits per heavy atom. The number of benzene rings is 1. The van der Waals surface area contributed by atoms with E-state index in [1.807, 2.05) is 19.6 Å². The van der Waals surface area contributed by atoms with Crippen LogP contribution in [-0.4, -0.2) is 27.6 Å². The van der Waals surface area contributed by atoms with E-state index >= 15 is 0 Å². The smallest absolute Gasteiger partial charge is 0.487 e. The van der Waals surface area contributed by atoms with E-state index in [-0.39, 0.29) is 11.4 Å². The summed E-state index contributed by atoms with van der Waals surface area (Å²) in [7, 11) is -8.05. The van der Waals surface area contributed by atoms with Crippen LogP contribution in [0.4, 0.5) is 13.2 Å². The van der Waals surface area contributed by atoms with E-state index in [1.54, 1.807) is 6.92 Å². The van der Waals surface area contributed by atoms with E-state index in [0.29, 0.717) is 28.8 Å². The monoisotopic (exact) mass is 606 g/mol. The largest absolute Gasteiger partial charge is 0.534 e. The van der Waals surface area contributed by atoms with Crippen molar-refractivity contribution in [2.24, 2.45) is 17.8 Å². The lowest BCUT2D eigenvalue weighted by Gasteiger charge is -2.39. The Morgan fingerprint density at radius 3 is 2.00 bits per heavy atom. The summed E-state index contributed by atoms with van der Waals surface area (Å²) in [6.07, 6.45) is 12.3. The predicted octanol–water partition coefficient (Wildman–Crippen LogP) is 9.29. The second-order valence-corrected chi connectivity index (χ2v) is 20.6. The lowest BCUT2D eigenvalue weighted by Crippen LogP contribution is -2.46. The zero-order chi connectivity index (χ0) is 30.5. The molecule has 0 radical (unpaired) electrons. The average Bonchev–Trinajstić information content (AvgIpc) is 2.77. The normalized spacial score (nSPS) is 19.7. The van der Waals surface area contributed by atoms with Crippen molar-refractivity contribution in [1.29, 1.82) is 0 Å². The minimum Gasteiger partial charge on any atom is -0.487 e. The van der Waals surface area contributed by atoms with Crippen molar-refractivity contribution >= 4 is 23.4 Å². The Labute approximate surface area is 242 Å². The van der Waals surface area contributed by atoms with Gasteiger partial charge in [-0.15, -0.1) is 0 Å². The molecule has 1 aromatic rings. The van der Waals surface area contributed by atoms with Gasteiger partial charge in [0.25, 0.3) is 0 Å². The summed E-state index contributed by atoms with van der Waals surface area (Å²) in [6, 6.07) is 1.41. The molecule has 1 aromatic carbocycles. The number of hydrogen-bond donors (Lipinski definition) is 0. The highest BCUT2D eigenvalue weighted by atomic mass is 32.2. The Balaban J connectivity index is 2.02. The molecular formula is C31H53F3O4SSi. The van der Waals surface area contributed by atoms with Crippen molar-refractivity contribution in [3.8, 4) is 11.5 Å². The lowest BCUT2D eigenvalue weighted by atomic mass is 9.85. The lowest BCUT2D eigenvalue weighted by molar-refractivity contribution is -0.0499. The molecule has 3 atom stereocenters. The van der Waals surface area contributed by atoms with Crippen molar-refractivity contribution in [3.63, 3.8) is 0 Å². The number of hydrogen-bond acceptors (Lipinski definition) is 4. The topological polar surface area (TPSA) is 52.6 Å². The highest BCUT2D eigenvalue weighted by Crippen LogP contribution is 2.41. The standard InChI is InChI=1S/C31H53F3O4SSi/c1-22(2)13-10-14-23(3)15-11-16-24(4)17-12-19-30(6)20-18-26-28(37-30)25(5)21-27(29(26)40(7,8)9)38-39(35,36)31(32,33)34/h21-24H,10-20H2,1-9H3/t23-,24-,30-/m1/s1. The summed E-state index contributed by atoms with van der Waals surface area (Å²) in [5.74, 6) is 2.73. The van der Waals surface area contributed by atoms with E-state index in [2.05, 4.69) is 34.6 Å². The predicted molar refractivity (Wildman–Crippen MR) is 162 cm³/mol. The fraction of sp³-hybridized carbons (Fsp3) is 0.806. The maximum atomic E-state index is 13.1. The molecule has 1 aliphatic heterocycles. The van der Waals surface area contributed by atoms with Gasteiger partial charge in [-0.3, -0.25) is 0 Å². The van der Waals surface area contributed by atoms with Crippen LogP contribution in [0.2, 0.25) is 19.6 Å².